The van der Waals surface area contributed by atoms with Crippen molar-refractivity contribution in [3.63, 3.8) is 0 Å². The number of aliphatic carboxylic acids is 1. The van der Waals surface area contributed by atoms with Crippen molar-refractivity contribution in [1.29, 1.82) is 0 Å². The minimum absolute atomic E-state index is 0.0804. The zero-order chi connectivity index (χ0) is 13.8. The predicted molar refractivity (Wildman–Crippen MR) is 70.2 cm³/mol. The number of aliphatic hydroxyl groups excluding tert-OH is 1. The first kappa shape index (κ1) is 13.8. The van der Waals surface area contributed by atoms with Crippen LogP contribution in [0.15, 0.2) is 11.4 Å². The fraction of sp³-hybridized carbons (Fsp3) is 0.500. The highest BCUT2D eigenvalue weighted by Crippen LogP contribution is 2.33. The van der Waals surface area contributed by atoms with Gasteiger partial charge in [0.2, 0.25) is 0 Å². The minimum atomic E-state index is -1.27. The first-order valence-corrected chi connectivity index (χ1v) is 6.96. The van der Waals surface area contributed by atoms with Gasteiger partial charge in [-0.25, -0.2) is 9.59 Å². The van der Waals surface area contributed by atoms with Gasteiger partial charge in [0.15, 0.2) is 6.04 Å². The molecule has 0 saturated heterocycles. The van der Waals surface area contributed by atoms with Crippen LogP contribution < -0.4 is 10.6 Å². The predicted octanol–water partition coefficient (Wildman–Crippen LogP) is 0.870. The number of hydrogen-bond donors (Lipinski definition) is 4. The molecular formula is C12H16N2O4S. The van der Waals surface area contributed by atoms with E-state index in [1.165, 1.54) is 4.88 Å². The molecule has 0 fully saturated rings. The maximum atomic E-state index is 11.7. The summed E-state index contributed by atoms with van der Waals surface area (Å²) in [6.45, 7) is -0.628. The Morgan fingerprint density at radius 2 is 2.32 bits per heavy atom. The summed E-state index contributed by atoms with van der Waals surface area (Å²) in [5.41, 5.74) is 1.11. The largest absolute Gasteiger partial charge is 0.480 e. The smallest absolute Gasteiger partial charge is 0.328 e. The molecule has 4 N–H and O–H groups in total. The van der Waals surface area contributed by atoms with Crippen molar-refractivity contribution in [2.24, 2.45) is 0 Å². The Labute approximate surface area is 114 Å². The molecule has 1 aliphatic carbocycles. The summed E-state index contributed by atoms with van der Waals surface area (Å²) in [6, 6.07) is 0.0735. The molecule has 2 atom stereocenters. The molecule has 0 aromatic carbocycles. The molecule has 2 rings (SSSR count). The Hall–Kier alpha value is -1.60. The van der Waals surface area contributed by atoms with Crippen molar-refractivity contribution in [1.82, 2.24) is 10.6 Å². The Bertz CT molecular complexity index is 474. The van der Waals surface area contributed by atoms with E-state index in [0.717, 1.165) is 24.8 Å². The lowest BCUT2D eigenvalue weighted by atomic mass is 9.94. The number of hydrogen-bond acceptors (Lipinski definition) is 4. The first-order chi connectivity index (χ1) is 9.11. The average molecular weight is 284 g/mol. The zero-order valence-electron chi connectivity index (χ0n) is 10.3. The highest BCUT2D eigenvalue weighted by atomic mass is 32.1. The normalized spacial score (nSPS) is 19.3. The highest BCUT2D eigenvalue weighted by molar-refractivity contribution is 7.10. The molecule has 1 unspecified atom stereocenters. The number of carboxylic acids is 1. The van der Waals surface area contributed by atoms with E-state index < -0.39 is 24.6 Å². The van der Waals surface area contributed by atoms with Gasteiger partial charge in [0.25, 0.3) is 0 Å². The summed E-state index contributed by atoms with van der Waals surface area (Å²) in [7, 11) is 0. The number of nitrogens with one attached hydrogen (secondary N) is 2. The summed E-state index contributed by atoms with van der Waals surface area (Å²) in [5.74, 6) is -1.25. The average Bonchev–Trinajstić information content (AvgIpc) is 2.85. The van der Waals surface area contributed by atoms with E-state index in [4.69, 9.17) is 10.2 Å². The van der Waals surface area contributed by atoms with E-state index in [0.29, 0.717) is 0 Å². The highest BCUT2D eigenvalue weighted by Gasteiger charge is 2.24. The molecule has 0 radical (unpaired) electrons. The van der Waals surface area contributed by atoms with E-state index in [1.807, 2.05) is 11.4 Å². The fourth-order valence-electron chi connectivity index (χ4n) is 2.18. The van der Waals surface area contributed by atoms with Crippen LogP contribution in [0.4, 0.5) is 4.79 Å². The zero-order valence-corrected chi connectivity index (χ0v) is 11.1. The molecular weight excluding hydrogens is 268 g/mol. The van der Waals surface area contributed by atoms with Gasteiger partial charge in [0.05, 0.1) is 12.6 Å². The number of fused-ring (bicyclic) bond motifs is 1. The molecule has 1 aliphatic rings. The summed E-state index contributed by atoms with van der Waals surface area (Å²) in [4.78, 5) is 23.7. The van der Waals surface area contributed by atoms with E-state index in [2.05, 4.69) is 10.6 Å². The van der Waals surface area contributed by atoms with Gasteiger partial charge >= 0.3 is 12.0 Å². The molecule has 104 valence electrons. The Morgan fingerprint density at radius 1 is 1.53 bits per heavy atom. The Morgan fingerprint density at radius 3 is 3.00 bits per heavy atom. The van der Waals surface area contributed by atoms with Crippen molar-refractivity contribution in [3.05, 3.63) is 21.9 Å². The Balaban J connectivity index is 1.95. The summed E-state index contributed by atoms with van der Waals surface area (Å²) < 4.78 is 0. The van der Waals surface area contributed by atoms with Crippen molar-refractivity contribution in [3.8, 4) is 0 Å². The third-order valence-corrected chi connectivity index (χ3v) is 4.14. The van der Waals surface area contributed by atoms with Crippen molar-refractivity contribution in [2.45, 2.75) is 31.3 Å². The third kappa shape index (κ3) is 3.24. The number of rotatable bonds is 4. The number of aryl methyl sites for hydroxylation is 1. The maximum absolute atomic E-state index is 11.7. The van der Waals surface area contributed by atoms with Gasteiger partial charge < -0.3 is 20.8 Å². The van der Waals surface area contributed by atoms with Crippen LogP contribution in [0.3, 0.4) is 0 Å². The molecule has 0 aliphatic heterocycles. The lowest BCUT2D eigenvalue weighted by molar-refractivity contribution is -0.140. The number of thiophene rings is 1. The van der Waals surface area contributed by atoms with Gasteiger partial charge in [-0.15, -0.1) is 11.3 Å². The van der Waals surface area contributed by atoms with E-state index in [9.17, 15) is 9.59 Å². The topological polar surface area (TPSA) is 98.7 Å². The van der Waals surface area contributed by atoms with Crippen LogP contribution >= 0.6 is 11.3 Å². The van der Waals surface area contributed by atoms with Gasteiger partial charge in [-0.3, -0.25) is 0 Å². The van der Waals surface area contributed by atoms with E-state index in [1.54, 1.807) is 11.3 Å². The maximum Gasteiger partial charge on any atom is 0.328 e. The molecule has 19 heavy (non-hydrogen) atoms. The Kier molecular flexibility index (Phi) is 4.39. The number of carboxylic acid groups (broad SMARTS) is 1. The van der Waals surface area contributed by atoms with Gasteiger partial charge in [0.1, 0.15) is 0 Å². The SMILES string of the molecule is O=C(NC1CCCc2sccc21)N[C@@H](CO)C(=O)O. The lowest BCUT2D eigenvalue weighted by Gasteiger charge is -2.24. The number of aliphatic hydroxyl groups is 1. The monoisotopic (exact) mass is 284 g/mol. The summed E-state index contributed by atoms with van der Waals surface area (Å²) in [6.07, 6.45) is 2.87. The summed E-state index contributed by atoms with van der Waals surface area (Å²) >= 11 is 1.67. The van der Waals surface area contributed by atoms with Crippen LogP contribution in [-0.2, 0) is 11.2 Å². The first-order valence-electron chi connectivity index (χ1n) is 6.08. The molecule has 7 heteroatoms. The van der Waals surface area contributed by atoms with Crippen LogP contribution in [-0.4, -0.2) is 34.9 Å². The summed E-state index contributed by atoms with van der Waals surface area (Å²) in [5, 5.41) is 24.6. The fourth-order valence-corrected chi connectivity index (χ4v) is 3.17. The van der Waals surface area contributed by atoms with Crippen LogP contribution in [0.5, 0.6) is 0 Å². The van der Waals surface area contributed by atoms with Crippen molar-refractivity contribution in [2.75, 3.05) is 6.61 Å². The molecule has 0 spiro atoms. The number of carbonyl (C=O) groups is 2. The second-order valence-electron chi connectivity index (χ2n) is 4.44. The van der Waals surface area contributed by atoms with E-state index >= 15 is 0 Å². The molecule has 1 aromatic rings. The van der Waals surface area contributed by atoms with Crippen molar-refractivity contribution >= 4 is 23.3 Å². The van der Waals surface area contributed by atoms with Crippen molar-refractivity contribution < 1.29 is 19.8 Å². The number of amides is 2. The van der Waals surface area contributed by atoms with E-state index in [-0.39, 0.29) is 6.04 Å². The standard InChI is InChI=1S/C12H16N2O4S/c15-6-9(11(16)17)14-12(18)13-8-2-1-3-10-7(8)4-5-19-10/h4-5,8-9,15H,1-3,6H2,(H,16,17)(H2,13,14,18)/t8?,9-/m0/s1. The number of carbonyl (C=O) groups excluding carboxylic acids is 1. The second-order valence-corrected chi connectivity index (χ2v) is 5.44. The van der Waals surface area contributed by atoms with Gasteiger partial charge in [0, 0.05) is 4.88 Å². The van der Waals surface area contributed by atoms with Crippen LogP contribution in [0, 0.1) is 0 Å². The molecule has 1 heterocycles. The van der Waals surface area contributed by atoms with Gasteiger partial charge in [-0.05, 0) is 36.3 Å². The lowest BCUT2D eigenvalue weighted by Crippen LogP contribution is -2.48. The number of urea groups is 1. The molecule has 0 saturated carbocycles. The molecule has 2 amide bonds. The second kappa shape index (κ2) is 6.03. The third-order valence-electron chi connectivity index (χ3n) is 3.14. The molecule has 6 nitrogen and oxygen atoms in total. The van der Waals surface area contributed by atoms with Crippen LogP contribution in [0.1, 0.15) is 29.3 Å². The molecule has 0 bridgehead atoms. The van der Waals surface area contributed by atoms with Crippen LogP contribution in [0.25, 0.3) is 0 Å². The minimum Gasteiger partial charge on any atom is -0.480 e. The van der Waals surface area contributed by atoms with Gasteiger partial charge in [-0.1, -0.05) is 0 Å². The molecule has 1 aromatic heterocycles. The van der Waals surface area contributed by atoms with Crippen LogP contribution in [0.2, 0.25) is 0 Å². The van der Waals surface area contributed by atoms with Gasteiger partial charge in [-0.2, -0.15) is 0 Å². The quantitative estimate of drug-likeness (QED) is 0.659.